The van der Waals surface area contributed by atoms with Gasteiger partial charge in [0.25, 0.3) is 11.6 Å². The first-order chi connectivity index (χ1) is 13.3. The summed E-state index contributed by atoms with van der Waals surface area (Å²) in [5.74, 6) is -2.02. The molecule has 0 spiro atoms. The van der Waals surface area contributed by atoms with Gasteiger partial charge in [0.05, 0.1) is 28.9 Å². The average Bonchev–Trinajstić information content (AvgIpc) is 2.92. The lowest BCUT2D eigenvalue weighted by molar-refractivity contribution is -0.384. The predicted molar refractivity (Wildman–Crippen MR) is 99.7 cm³/mol. The van der Waals surface area contributed by atoms with E-state index in [0.29, 0.717) is 5.56 Å². The standard InChI is InChI=1S/C20H15FN2O5/c1-12-18(20(25)28-2)15(11-13-6-5-7-14(10-13)23(26)27)19(24)22(12)17-9-4-3-8-16(17)21/h3-11H,1-2H3/b15-11-. The average molecular weight is 382 g/mol. The Balaban J connectivity index is 2.17. The van der Waals surface area contributed by atoms with Gasteiger partial charge in [0, 0.05) is 17.8 Å². The molecule has 1 heterocycles. The SMILES string of the molecule is COC(=O)C1=C(C)N(c2ccccc2F)C(=O)/C1=C\c1cccc([N+](=O)[O-])c1. The van der Waals surface area contributed by atoms with Crippen molar-refractivity contribution in [2.75, 3.05) is 12.0 Å². The summed E-state index contributed by atoms with van der Waals surface area (Å²) in [7, 11) is 1.17. The molecule has 2 aromatic rings. The van der Waals surface area contributed by atoms with Crippen LogP contribution in [0, 0.1) is 15.9 Å². The summed E-state index contributed by atoms with van der Waals surface area (Å²) in [4.78, 5) is 36.8. The molecular weight excluding hydrogens is 367 g/mol. The van der Waals surface area contributed by atoms with E-state index >= 15 is 0 Å². The summed E-state index contributed by atoms with van der Waals surface area (Å²) in [5.41, 5.74) is 0.330. The van der Waals surface area contributed by atoms with Crippen LogP contribution in [0.25, 0.3) is 6.08 Å². The van der Waals surface area contributed by atoms with Crippen molar-refractivity contribution in [3.8, 4) is 0 Å². The zero-order valence-corrected chi connectivity index (χ0v) is 15.0. The Bertz CT molecular complexity index is 1060. The number of para-hydroxylation sites is 1. The molecule has 0 aromatic heterocycles. The van der Waals surface area contributed by atoms with Gasteiger partial charge in [0.1, 0.15) is 5.82 Å². The fourth-order valence-corrected chi connectivity index (χ4v) is 3.00. The van der Waals surface area contributed by atoms with Gasteiger partial charge in [-0.25, -0.2) is 9.18 Å². The second-order valence-electron chi connectivity index (χ2n) is 5.95. The molecule has 3 rings (SSSR count). The zero-order valence-electron chi connectivity index (χ0n) is 15.0. The van der Waals surface area contributed by atoms with Crippen LogP contribution in [-0.4, -0.2) is 23.9 Å². The number of non-ortho nitro benzene ring substituents is 1. The Kier molecular flexibility index (Phi) is 5.04. The monoisotopic (exact) mass is 382 g/mol. The third-order valence-corrected chi connectivity index (χ3v) is 4.27. The van der Waals surface area contributed by atoms with Crippen LogP contribution in [0.2, 0.25) is 0 Å². The first-order valence-corrected chi connectivity index (χ1v) is 8.20. The lowest BCUT2D eigenvalue weighted by Crippen LogP contribution is -2.25. The molecule has 0 bridgehead atoms. The lowest BCUT2D eigenvalue weighted by Gasteiger charge is -2.18. The van der Waals surface area contributed by atoms with Gasteiger partial charge in [-0.05, 0) is 30.7 Å². The quantitative estimate of drug-likeness (QED) is 0.349. The number of hydrogen-bond donors (Lipinski definition) is 0. The number of nitro benzene ring substituents is 1. The van der Waals surface area contributed by atoms with Crippen molar-refractivity contribution in [1.82, 2.24) is 0 Å². The van der Waals surface area contributed by atoms with Crippen molar-refractivity contribution in [3.63, 3.8) is 0 Å². The zero-order chi connectivity index (χ0) is 20.4. The Morgan fingerprint density at radius 3 is 2.57 bits per heavy atom. The molecule has 0 aliphatic carbocycles. The largest absolute Gasteiger partial charge is 0.465 e. The van der Waals surface area contributed by atoms with Crippen LogP contribution in [0.5, 0.6) is 0 Å². The Hall–Kier alpha value is -3.81. The molecule has 8 heteroatoms. The van der Waals surface area contributed by atoms with Gasteiger partial charge in [0.15, 0.2) is 0 Å². The number of carbonyl (C=O) groups is 2. The second-order valence-corrected chi connectivity index (χ2v) is 5.95. The van der Waals surface area contributed by atoms with Gasteiger partial charge in [-0.2, -0.15) is 0 Å². The predicted octanol–water partition coefficient (Wildman–Crippen LogP) is 3.61. The topological polar surface area (TPSA) is 89.8 Å². The molecule has 7 nitrogen and oxygen atoms in total. The maximum absolute atomic E-state index is 14.3. The fraction of sp³-hybridized carbons (Fsp3) is 0.100. The van der Waals surface area contributed by atoms with E-state index in [9.17, 15) is 24.1 Å². The minimum Gasteiger partial charge on any atom is -0.465 e. The molecule has 0 atom stereocenters. The van der Waals surface area contributed by atoms with Gasteiger partial charge in [0.2, 0.25) is 0 Å². The molecule has 0 unspecified atom stereocenters. The van der Waals surface area contributed by atoms with Crippen molar-refractivity contribution in [2.24, 2.45) is 0 Å². The molecule has 0 saturated carbocycles. The summed E-state index contributed by atoms with van der Waals surface area (Å²) in [5, 5.41) is 11.0. The van der Waals surface area contributed by atoms with E-state index in [1.54, 1.807) is 12.1 Å². The number of allylic oxidation sites excluding steroid dienone is 1. The third kappa shape index (κ3) is 3.27. The number of anilines is 1. The van der Waals surface area contributed by atoms with Gasteiger partial charge in [-0.15, -0.1) is 0 Å². The van der Waals surface area contributed by atoms with E-state index in [4.69, 9.17) is 4.74 Å². The fourth-order valence-electron chi connectivity index (χ4n) is 3.00. The van der Waals surface area contributed by atoms with E-state index < -0.39 is 22.6 Å². The molecule has 1 aliphatic rings. The van der Waals surface area contributed by atoms with Crippen LogP contribution < -0.4 is 4.90 Å². The van der Waals surface area contributed by atoms with Crippen molar-refractivity contribution >= 4 is 29.3 Å². The molecule has 28 heavy (non-hydrogen) atoms. The maximum atomic E-state index is 14.3. The number of nitrogens with zero attached hydrogens (tertiary/aromatic N) is 2. The number of carbonyl (C=O) groups excluding carboxylic acids is 2. The van der Waals surface area contributed by atoms with E-state index in [0.717, 1.165) is 4.90 Å². The summed E-state index contributed by atoms with van der Waals surface area (Å²) < 4.78 is 19.0. The number of amides is 1. The summed E-state index contributed by atoms with van der Waals surface area (Å²) in [6.45, 7) is 1.50. The van der Waals surface area contributed by atoms with Crippen LogP contribution >= 0.6 is 0 Å². The van der Waals surface area contributed by atoms with E-state index in [1.165, 1.54) is 56.5 Å². The molecule has 1 amide bonds. The smallest absolute Gasteiger partial charge is 0.340 e. The number of hydrogen-bond acceptors (Lipinski definition) is 5. The first-order valence-electron chi connectivity index (χ1n) is 8.20. The highest BCUT2D eigenvalue weighted by molar-refractivity contribution is 6.23. The summed E-state index contributed by atoms with van der Waals surface area (Å²) in [6, 6.07) is 11.3. The Labute approximate surface area is 159 Å². The van der Waals surface area contributed by atoms with Crippen LogP contribution in [0.4, 0.5) is 15.8 Å². The molecule has 142 valence electrons. The van der Waals surface area contributed by atoms with Crippen molar-refractivity contribution < 1.29 is 23.6 Å². The minimum atomic E-state index is -0.763. The summed E-state index contributed by atoms with van der Waals surface area (Å²) in [6.07, 6.45) is 1.35. The number of benzene rings is 2. The van der Waals surface area contributed by atoms with E-state index in [-0.39, 0.29) is 28.2 Å². The van der Waals surface area contributed by atoms with Gasteiger partial charge < -0.3 is 4.74 Å². The van der Waals surface area contributed by atoms with Crippen molar-refractivity contribution in [3.05, 3.63) is 86.9 Å². The van der Waals surface area contributed by atoms with Gasteiger partial charge in [-0.3, -0.25) is 19.8 Å². The van der Waals surface area contributed by atoms with Gasteiger partial charge in [-0.1, -0.05) is 24.3 Å². The Morgan fingerprint density at radius 2 is 1.93 bits per heavy atom. The molecular formula is C20H15FN2O5. The van der Waals surface area contributed by atoms with E-state index in [2.05, 4.69) is 0 Å². The number of halogens is 1. The van der Waals surface area contributed by atoms with Crippen molar-refractivity contribution in [2.45, 2.75) is 6.92 Å². The molecule has 0 saturated heterocycles. The van der Waals surface area contributed by atoms with E-state index in [1.807, 2.05) is 0 Å². The number of methoxy groups -OCH3 is 1. The number of esters is 1. The maximum Gasteiger partial charge on any atom is 0.340 e. The van der Waals surface area contributed by atoms with Crippen LogP contribution in [0.3, 0.4) is 0 Å². The number of nitro groups is 1. The Morgan fingerprint density at radius 1 is 1.21 bits per heavy atom. The van der Waals surface area contributed by atoms with Crippen LogP contribution in [0.1, 0.15) is 12.5 Å². The molecule has 0 radical (unpaired) electrons. The molecule has 0 N–H and O–H groups in total. The lowest BCUT2D eigenvalue weighted by atomic mass is 10.0. The van der Waals surface area contributed by atoms with Gasteiger partial charge >= 0.3 is 5.97 Å². The second kappa shape index (κ2) is 7.43. The summed E-state index contributed by atoms with van der Waals surface area (Å²) >= 11 is 0. The highest BCUT2D eigenvalue weighted by Crippen LogP contribution is 2.36. The van der Waals surface area contributed by atoms with Crippen LogP contribution in [0.15, 0.2) is 65.4 Å². The first kappa shape index (κ1) is 19.0. The third-order valence-electron chi connectivity index (χ3n) is 4.27. The highest BCUT2D eigenvalue weighted by Gasteiger charge is 2.38. The number of ether oxygens (including phenoxy) is 1. The van der Waals surface area contributed by atoms with Crippen LogP contribution in [-0.2, 0) is 14.3 Å². The minimum absolute atomic E-state index is 0.00570. The van der Waals surface area contributed by atoms with Crippen molar-refractivity contribution in [1.29, 1.82) is 0 Å². The molecule has 1 aliphatic heterocycles. The normalized spacial score (nSPS) is 15.3. The number of rotatable bonds is 4. The molecule has 0 fully saturated rings. The molecule has 2 aromatic carbocycles. The highest BCUT2D eigenvalue weighted by atomic mass is 19.1.